The van der Waals surface area contributed by atoms with Gasteiger partial charge in [0.2, 0.25) is 0 Å². The third-order valence-electron chi connectivity index (χ3n) is 8.78. The van der Waals surface area contributed by atoms with Crippen molar-refractivity contribution in [1.82, 2.24) is 0 Å². The Hall–Kier alpha value is -6.03. The third-order valence-corrected chi connectivity index (χ3v) is 8.78. The molecule has 0 spiro atoms. The lowest BCUT2D eigenvalue weighted by Gasteiger charge is -2.21. The lowest BCUT2D eigenvalue weighted by atomic mass is 9.82. The second kappa shape index (κ2) is 10.1. The highest BCUT2D eigenvalue weighted by atomic mass is 19.1. The largest absolute Gasteiger partial charge is 0.250 e. The Kier molecular flexibility index (Phi) is 5.86. The second-order valence-corrected chi connectivity index (χ2v) is 11.0. The van der Waals surface area contributed by atoms with Crippen molar-refractivity contribution in [3.8, 4) is 55.6 Å². The first-order valence-electron chi connectivity index (χ1n) is 14.5. The maximum absolute atomic E-state index is 14.8. The van der Waals surface area contributed by atoms with Crippen LogP contribution in [-0.2, 0) is 6.67 Å². The first kappa shape index (κ1) is 25.7. The number of fused-ring (bicyclic) bond motifs is 4. The summed E-state index contributed by atoms with van der Waals surface area (Å²) in [5.41, 5.74) is 11.7. The molecule has 3 heteroatoms. The van der Waals surface area contributed by atoms with E-state index in [1.807, 2.05) is 72.8 Å². The molecule has 7 aromatic carbocycles. The number of nitrogens with zero attached hydrogens (tertiary/aromatic N) is 2. The van der Waals surface area contributed by atoms with Crippen LogP contribution in [0.25, 0.3) is 86.9 Å². The number of hydrogen-bond donors (Lipinski definition) is 0. The third kappa shape index (κ3) is 3.64. The molecule has 204 valence electrons. The molecule has 0 unspecified atom stereocenters. The van der Waals surface area contributed by atoms with Crippen molar-refractivity contribution in [2.45, 2.75) is 6.67 Å². The molecule has 0 N–H and O–H groups in total. The molecule has 7 aromatic rings. The molecule has 0 bridgehead atoms. The van der Waals surface area contributed by atoms with Crippen molar-refractivity contribution in [3.05, 3.63) is 156 Å². The molecule has 0 saturated heterocycles. The van der Waals surface area contributed by atoms with Crippen molar-refractivity contribution >= 4 is 32.9 Å². The lowest BCUT2D eigenvalue weighted by Crippen LogP contribution is -1.93. The SMILES string of the molecule is [C-]#[N+]c1cc2c(-c3ccccc3)c3c(c(-c4ccccc4)c2cc1[N+]#[C-])-c1ccc(-c2ccccc2)c2c(CF)ccc-3c12. The van der Waals surface area contributed by atoms with Gasteiger partial charge in [-0.15, -0.1) is 0 Å². The summed E-state index contributed by atoms with van der Waals surface area (Å²) < 4.78 is 14.8. The quantitative estimate of drug-likeness (QED) is 0.189. The number of benzene rings is 7. The van der Waals surface area contributed by atoms with Crippen LogP contribution >= 0.6 is 0 Å². The van der Waals surface area contributed by atoms with Crippen LogP contribution in [0, 0.1) is 13.1 Å². The van der Waals surface area contributed by atoms with Gasteiger partial charge in [0.05, 0.1) is 13.1 Å². The van der Waals surface area contributed by atoms with Crippen LogP contribution in [0.5, 0.6) is 0 Å². The van der Waals surface area contributed by atoms with Crippen LogP contribution in [-0.4, -0.2) is 0 Å². The summed E-state index contributed by atoms with van der Waals surface area (Å²) in [6, 6.07) is 42.8. The van der Waals surface area contributed by atoms with Gasteiger partial charge < -0.3 is 0 Å². The molecular formula is C41H23FN2. The zero-order valence-electron chi connectivity index (χ0n) is 23.6. The van der Waals surface area contributed by atoms with E-state index in [1.54, 1.807) is 0 Å². The summed E-state index contributed by atoms with van der Waals surface area (Å²) in [6.45, 7) is 15.2. The summed E-state index contributed by atoms with van der Waals surface area (Å²) in [5.74, 6) is 0. The van der Waals surface area contributed by atoms with Gasteiger partial charge in [-0.2, -0.15) is 0 Å². The minimum Gasteiger partial charge on any atom is -0.250 e. The average molecular weight is 563 g/mol. The summed E-state index contributed by atoms with van der Waals surface area (Å²) in [4.78, 5) is 7.53. The van der Waals surface area contributed by atoms with E-state index in [0.29, 0.717) is 16.9 Å². The van der Waals surface area contributed by atoms with Gasteiger partial charge in [0, 0.05) is 0 Å². The van der Waals surface area contributed by atoms with Gasteiger partial charge in [-0.3, -0.25) is 9.69 Å². The Morgan fingerprint density at radius 1 is 0.455 bits per heavy atom. The zero-order valence-corrected chi connectivity index (χ0v) is 23.6. The van der Waals surface area contributed by atoms with E-state index in [0.717, 1.165) is 77.2 Å². The summed E-state index contributed by atoms with van der Waals surface area (Å²) in [5, 5.41) is 3.81. The molecule has 0 saturated carbocycles. The number of alkyl halides is 1. The molecule has 0 amide bonds. The normalized spacial score (nSPS) is 11.3. The second-order valence-electron chi connectivity index (χ2n) is 11.0. The van der Waals surface area contributed by atoms with E-state index in [1.165, 1.54) is 0 Å². The molecule has 0 heterocycles. The Labute approximate surface area is 254 Å². The van der Waals surface area contributed by atoms with Gasteiger partial charge >= 0.3 is 0 Å². The van der Waals surface area contributed by atoms with Crippen molar-refractivity contribution < 1.29 is 4.39 Å². The van der Waals surface area contributed by atoms with Crippen LogP contribution in [0.4, 0.5) is 15.8 Å². The van der Waals surface area contributed by atoms with Crippen LogP contribution in [0.15, 0.2) is 127 Å². The molecule has 1 aliphatic rings. The molecule has 0 aromatic heterocycles. The van der Waals surface area contributed by atoms with Gasteiger partial charge in [0.15, 0.2) is 11.4 Å². The monoisotopic (exact) mass is 562 g/mol. The predicted molar refractivity (Wildman–Crippen MR) is 180 cm³/mol. The van der Waals surface area contributed by atoms with Gasteiger partial charge in [0.1, 0.15) is 6.67 Å². The standard InChI is InChI=1S/C41H23FN2/c1-43-34-22-32-33(23-35(34)44-2)37(27-16-10-5-11-17-27)41-31-21-20-29(25-12-6-3-7-13-25)38-28(24-42)18-19-30(39(31)38)40(41)36(32)26-14-8-4-9-15-26/h3-23H,24H2. The number of rotatable bonds is 4. The molecule has 0 radical (unpaired) electrons. The maximum Gasteiger partial charge on any atom is 0.195 e. The highest BCUT2D eigenvalue weighted by Gasteiger charge is 2.32. The Bertz CT molecular complexity index is 2250. The first-order chi connectivity index (χ1) is 21.7. The molecule has 44 heavy (non-hydrogen) atoms. The fraction of sp³-hybridized carbons (Fsp3) is 0.0244. The van der Waals surface area contributed by atoms with E-state index in [2.05, 4.69) is 64.3 Å². The molecule has 0 atom stereocenters. The topological polar surface area (TPSA) is 8.72 Å². The fourth-order valence-corrected chi connectivity index (χ4v) is 6.99. The van der Waals surface area contributed by atoms with Gasteiger partial charge in [0.25, 0.3) is 0 Å². The van der Waals surface area contributed by atoms with Crippen molar-refractivity contribution in [3.63, 3.8) is 0 Å². The van der Waals surface area contributed by atoms with Gasteiger partial charge in [-0.05, 0) is 82.7 Å². The highest BCUT2D eigenvalue weighted by molar-refractivity contribution is 6.29. The molecule has 1 aliphatic carbocycles. The van der Waals surface area contributed by atoms with E-state index >= 15 is 0 Å². The molecule has 0 aliphatic heterocycles. The van der Waals surface area contributed by atoms with E-state index in [9.17, 15) is 4.39 Å². The van der Waals surface area contributed by atoms with Crippen molar-refractivity contribution in [2.75, 3.05) is 0 Å². The van der Waals surface area contributed by atoms with Crippen LogP contribution in [0.2, 0.25) is 0 Å². The molecular weight excluding hydrogens is 539 g/mol. The lowest BCUT2D eigenvalue weighted by molar-refractivity contribution is 0.488. The Balaban J connectivity index is 1.64. The number of hydrogen-bond acceptors (Lipinski definition) is 0. The average Bonchev–Trinajstić information content (AvgIpc) is 3.42. The molecule has 2 nitrogen and oxygen atoms in total. The van der Waals surface area contributed by atoms with E-state index < -0.39 is 6.67 Å². The molecule has 0 fully saturated rings. The fourth-order valence-electron chi connectivity index (χ4n) is 6.99. The predicted octanol–water partition coefficient (Wildman–Crippen LogP) is 12.2. The summed E-state index contributed by atoms with van der Waals surface area (Å²) in [6.07, 6.45) is 0. The van der Waals surface area contributed by atoms with E-state index in [-0.39, 0.29) is 0 Å². The minimum atomic E-state index is -0.571. The first-order valence-corrected chi connectivity index (χ1v) is 14.5. The molecule has 8 rings (SSSR count). The highest BCUT2D eigenvalue weighted by Crippen LogP contribution is 2.59. The maximum atomic E-state index is 14.8. The van der Waals surface area contributed by atoms with Crippen molar-refractivity contribution in [1.29, 1.82) is 0 Å². The van der Waals surface area contributed by atoms with E-state index in [4.69, 9.17) is 13.1 Å². The Morgan fingerprint density at radius 3 is 1.34 bits per heavy atom. The number of halogens is 1. The van der Waals surface area contributed by atoms with Crippen molar-refractivity contribution in [2.24, 2.45) is 0 Å². The minimum absolute atomic E-state index is 0.337. The van der Waals surface area contributed by atoms with Gasteiger partial charge in [-0.1, -0.05) is 127 Å². The van der Waals surface area contributed by atoms with Crippen LogP contribution < -0.4 is 0 Å². The summed E-state index contributed by atoms with van der Waals surface area (Å²) in [7, 11) is 0. The van der Waals surface area contributed by atoms with Gasteiger partial charge in [-0.25, -0.2) is 4.39 Å². The van der Waals surface area contributed by atoms with Crippen LogP contribution in [0.1, 0.15) is 5.56 Å². The van der Waals surface area contributed by atoms with Crippen LogP contribution in [0.3, 0.4) is 0 Å². The smallest absolute Gasteiger partial charge is 0.195 e. The zero-order chi connectivity index (χ0) is 29.8. The Morgan fingerprint density at radius 2 is 0.886 bits per heavy atom. The summed E-state index contributed by atoms with van der Waals surface area (Å²) >= 11 is 0.